The number of halogens is 1. The Bertz CT molecular complexity index is 497. The van der Waals surface area contributed by atoms with Crippen LogP contribution in [-0.2, 0) is 15.0 Å². The Balaban J connectivity index is 2.37. The van der Waals surface area contributed by atoms with E-state index < -0.39 is 5.41 Å². The summed E-state index contributed by atoms with van der Waals surface area (Å²) in [6, 6.07) is 5.64. The minimum Gasteiger partial charge on any atom is -0.496 e. The summed E-state index contributed by atoms with van der Waals surface area (Å²) in [5.41, 5.74) is 0.507. The number of hydrogen-bond acceptors (Lipinski definition) is 3. The minimum atomic E-state index is -0.450. The fraction of sp³-hybridized carbons (Fsp3) is 0.385. The van der Waals surface area contributed by atoms with Crippen LogP contribution in [0.15, 0.2) is 22.7 Å². The third-order valence-corrected chi connectivity index (χ3v) is 3.85. The zero-order valence-corrected chi connectivity index (χ0v) is 11.8. The molecule has 96 valence electrons. The summed E-state index contributed by atoms with van der Waals surface area (Å²) in [5, 5.41) is 2.33. The molecule has 1 saturated heterocycles. The number of hydrogen-bond donors (Lipinski definition) is 1. The fourth-order valence-corrected chi connectivity index (χ4v) is 2.80. The topological polar surface area (TPSA) is 55.4 Å². The van der Waals surface area contributed by atoms with Crippen molar-refractivity contribution in [3.8, 4) is 5.75 Å². The largest absolute Gasteiger partial charge is 0.496 e. The summed E-state index contributed by atoms with van der Waals surface area (Å²) in [6.07, 6.45) is 0.634. The summed E-state index contributed by atoms with van der Waals surface area (Å²) < 4.78 is 5.99. The molecule has 0 atom stereocenters. The Morgan fingerprint density at radius 2 is 1.89 bits per heavy atom. The first-order valence-corrected chi connectivity index (χ1v) is 6.40. The molecule has 4 nitrogen and oxygen atoms in total. The number of imide groups is 1. The molecule has 5 heteroatoms. The van der Waals surface area contributed by atoms with Crippen LogP contribution >= 0.6 is 15.9 Å². The highest BCUT2D eigenvalue weighted by Crippen LogP contribution is 2.37. The zero-order chi connectivity index (χ0) is 13.3. The number of methoxy groups -OCH3 is 1. The van der Waals surface area contributed by atoms with Crippen molar-refractivity contribution in [3.05, 3.63) is 28.2 Å². The van der Waals surface area contributed by atoms with Crippen LogP contribution in [0.25, 0.3) is 0 Å². The number of benzene rings is 1. The van der Waals surface area contributed by atoms with Gasteiger partial charge >= 0.3 is 0 Å². The van der Waals surface area contributed by atoms with Gasteiger partial charge in [-0.25, -0.2) is 0 Å². The molecule has 1 heterocycles. The molecule has 0 bridgehead atoms. The van der Waals surface area contributed by atoms with Gasteiger partial charge < -0.3 is 4.74 Å². The first-order valence-electron chi connectivity index (χ1n) is 5.61. The average molecular weight is 312 g/mol. The molecular weight excluding hydrogens is 298 g/mol. The molecule has 0 aliphatic carbocycles. The Morgan fingerprint density at radius 1 is 1.28 bits per heavy atom. The van der Waals surface area contributed by atoms with E-state index in [9.17, 15) is 9.59 Å². The lowest BCUT2D eigenvalue weighted by Crippen LogP contribution is -2.45. The van der Waals surface area contributed by atoms with Crippen molar-refractivity contribution in [1.82, 2.24) is 5.32 Å². The lowest BCUT2D eigenvalue weighted by molar-refractivity contribution is -0.135. The van der Waals surface area contributed by atoms with E-state index in [1.807, 2.05) is 25.1 Å². The van der Waals surface area contributed by atoms with E-state index in [-0.39, 0.29) is 11.8 Å². The van der Waals surface area contributed by atoms with Gasteiger partial charge in [0, 0.05) is 18.3 Å². The second kappa shape index (κ2) is 4.72. The van der Waals surface area contributed by atoms with E-state index in [2.05, 4.69) is 21.2 Å². The molecule has 0 aromatic heterocycles. The fourth-order valence-electron chi connectivity index (χ4n) is 2.26. The van der Waals surface area contributed by atoms with Crippen molar-refractivity contribution in [1.29, 1.82) is 0 Å². The quantitative estimate of drug-likeness (QED) is 0.851. The highest BCUT2D eigenvalue weighted by molar-refractivity contribution is 9.10. The van der Waals surface area contributed by atoms with Crippen molar-refractivity contribution in [2.24, 2.45) is 0 Å². The first kappa shape index (κ1) is 13.1. The Labute approximate surface area is 114 Å². The molecule has 0 spiro atoms. The standard InChI is InChI=1S/C13H14BrNO3/c1-13(6-11(16)15-12(17)7-13)8-3-4-10(18-2)9(14)5-8/h3-5H,6-7H2,1-2H3,(H,15,16,17). The Kier molecular flexibility index (Phi) is 3.43. The predicted octanol–water partition coefficient (Wildman–Crippen LogP) is 2.15. The van der Waals surface area contributed by atoms with Crippen LogP contribution in [-0.4, -0.2) is 18.9 Å². The number of nitrogens with one attached hydrogen (secondary N) is 1. The van der Waals surface area contributed by atoms with Crippen LogP contribution in [0.5, 0.6) is 5.75 Å². The normalized spacial score (nSPS) is 18.4. The Hall–Kier alpha value is -1.36. The van der Waals surface area contributed by atoms with E-state index in [4.69, 9.17) is 4.74 Å². The van der Waals surface area contributed by atoms with Gasteiger partial charge in [0.1, 0.15) is 5.75 Å². The molecule has 1 aliphatic heterocycles. The van der Waals surface area contributed by atoms with Crippen LogP contribution in [0, 0.1) is 0 Å². The van der Waals surface area contributed by atoms with Crippen LogP contribution in [0.3, 0.4) is 0 Å². The maximum atomic E-state index is 11.5. The maximum Gasteiger partial charge on any atom is 0.227 e. The minimum absolute atomic E-state index is 0.222. The molecule has 18 heavy (non-hydrogen) atoms. The number of amides is 2. The molecule has 0 unspecified atom stereocenters. The Morgan fingerprint density at radius 3 is 2.39 bits per heavy atom. The molecule has 1 fully saturated rings. The van der Waals surface area contributed by atoms with Crippen molar-refractivity contribution in [2.45, 2.75) is 25.2 Å². The van der Waals surface area contributed by atoms with Crippen molar-refractivity contribution in [2.75, 3.05) is 7.11 Å². The van der Waals surface area contributed by atoms with Gasteiger partial charge in [-0.05, 0) is 33.6 Å². The maximum absolute atomic E-state index is 11.5. The molecule has 0 saturated carbocycles. The van der Waals surface area contributed by atoms with Crippen LogP contribution < -0.4 is 10.1 Å². The highest BCUT2D eigenvalue weighted by Gasteiger charge is 2.37. The molecule has 2 rings (SSSR count). The van der Waals surface area contributed by atoms with E-state index in [0.29, 0.717) is 12.8 Å². The molecule has 1 aromatic carbocycles. The van der Waals surface area contributed by atoms with E-state index >= 15 is 0 Å². The highest BCUT2D eigenvalue weighted by atomic mass is 79.9. The zero-order valence-electron chi connectivity index (χ0n) is 10.2. The van der Waals surface area contributed by atoms with E-state index in [0.717, 1.165) is 15.8 Å². The van der Waals surface area contributed by atoms with E-state index in [1.54, 1.807) is 7.11 Å². The smallest absolute Gasteiger partial charge is 0.227 e. The number of piperidine rings is 1. The predicted molar refractivity (Wildman–Crippen MR) is 70.4 cm³/mol. The lowest BCUT2D eigenvalue weighted by Gasteiger charge is -2.32. The molecule has 0 radical (unpaired) electrons. The molecule has 1 N–H and O–H groups in total. The average Bonchev–Trinajstić information content (AvgIpc) is 2.27. The van der Waals surface area contributed by atoms with Gasteiger partial charge in [0.2, 0.25) is 11.8 Å². The van der Waals surface area contributed by atoms with Gasteiger partial charge in [-0.1, -0.05) is 13.0 Å². The van der Waals surface area contributed by atoms with Crippen LogP contribution in [0.2, 0.25) is 0 Å². The van der Waals surface area contributed by atoms with Crippen molar-refractivity contribution >= 4 is 27.7 Å². The second-order valence-corrected chi connectivity index (χ2v) is 5.59. The summed E-state index contributed by atoms with van der Waals surface area (Å²) in [5.74, 6) is 0.287. The summed E-state index contributed by atoms with van der Waals surface area (Å²) in [7, 11) is 1.60. The van der Waals surface area contributed by atoms with Crippen molar-refractivity contribution in [3.63, 3.8) is 0 Å². The number of ether oxygens (including phenoxy) is 1. The van der Waals surface area contributed by atoms with E-state index in [1.165, 1.54) is 0 Å². The molecule has 2 amide bonds. The molecular formula is C13H14BrNO3. The SMILES string of the molecule is COc1ccc(C2(C)CC(=O)NC(=O)C2)cc1Br. The molecule has 1 aromatic rings. The summed E-state index contributed by atoms with van der Waals surface area (Å²) in [4.78, 5) is 23.0. The lowest BCUT2D eigenvalue weighted by atomic mass is 9.74. The monoisotopic (exact) mass is 311 g/mol. The number of rotatable bonds is 2. The molecule has 1 aliphatic rings. The van der Waals surface area contributed by atoms with Crippen LogP contribution in [0.4, 0.5) is 0 Å². The van der Waals surface area contributed by atoms with Gasteiger partial charge in [-0.15, -0.1) is 0 Å². The van der Waals surface area contributed by atoms with Crippen molar-refractivity contribution < 1.29 is 14.3 Å². The third-order valence-electron chi connectivity index (χ3n) is 3.23. The van der Waals surface area contributed by atoms with Gasteiger partial charge in [-0.3, -0.25) is 14.9 Å². The van der Waals surface area contributed by atoms with Gasteiger partial charge in [0.25, 0.3) is 0 Å². The van der Waals surface area contributed by atoms with Crippen LogP contribution in [0.1, 0.15) is 25.3 Å². The summed E-state index contributed by atoms with van der Waals surface area (Å²) >= 11 is 3.42. The van der Waals surface area contributed by atoms with Gasteiger partial charge in [0.15, 0.2) is 0 Å². The second-order valence-electron chi connectivity index (χ2n) is 4.73. The van der Waals surface area contributed by atoms with Gasteiger partial charge in [0.05, 0.1) is 11.6 Å². The number of carbonyl (C=O) groups is 2. The first-order chi connectivity index (χ1) is 8.44. The summed E-state index contributed by atoms with van der Waals surface area (Å²) in [6.45, 7) is 1.93. The van der Waals surface area contributed by atoms with Gasteiger partial charge in [-0.2, -0.15) is 0 Å². The number of carbonyl (C=O) groups excluding carboxylic acids is 2. The third kappa shape index (κ3) is 2.41.